The van der Waals surface area contributed by atoms with Crippen LogP contribution in [0.4, 0.5) is 14.4 Å². The van der Waals surface area contributed by atoms with Gasteiger partial charge in [0, 0.05) is 51.8 Å². The van der Waals surface area contributed by atoms with E-state index < -0.39 is 23.7 Å². The molecule has 17 nitrogen and oxygen atoms in total. The van der Waals surface area contributed by atoms with Gasteiger partial charge in [-0.05, 0) is 55.5 Å². The van der Waals surface area contributed by atoms with Gasteiger partial charge in [-0.1, -0.05) is 51.8 Å². The Hall–Kier alpha value is -5.16. The van der Waals surface area contributed by atoms with Gasteiger partial charge in [-0.15, -0.1) is 15.0 Å². The van der Waals surface area contributed by atoms with E-state index in [4.69, 9.17) is 14.2 Å². The summed E-state index contributed by atoms with van der Waals surface area (Å²) in [6.07, 6.45) is 2.13. The second kappa shape index (κ2) is 22.9. The normalized spacial score (nSPS) is 11.3. The van der Waals surface area contributed by atoms with Crippen LogP contribution in [0.1, 0.15) is 64.0 Å². The molecule has 0 aliphatic carbocycles. The van der Waals surface area contributed by atoms with Gasteiger partial charge in [0.15, 0.2) is 0 Å². The van der Waals surface area contributed by atoms with Crippen LogP contribution in [0.15, 0.2) is 36.4 Å². The summed E-state index contributed by atoms with van der Waals surface area (Å²) < 4.78 is 15.4. The van der Waals surface area contributed by atoms with Gasteiger partial charge >= 0.3 is 18.3 Å². The highest BCUT2D eigenvalue weighted by Crippen LogP contribution is 2.36. The van der Waals surface area contributed by atoms with Crippen molar-refractivity contribution < 1.29 is 43.6 Å². The van der Waals surface area contributed by atoms with Crippen molar-refractivity contribution in [1.82, 2.24) is 40.7 Å². The number of phenolic OH excluding ortho intramolecular Hbond substituents is 1. The van der Waals surface area contributed by atoms with E-state index in [-0.39, 0.29) is 57.6 Å². The lowest BCUT2D eigenvalue weighted by Gasteiger charge is -2.24. The number of aromatic nitrogens is 3. The van der Waals surface area contributed by atoms with Crippen molar-refractivity contribution in [3.05, 3.63) is 47.5 Å². The molecule has 17 heteroatoms. The maximum atomic E-state index is 13.2. The van der Waals surface area contributed by atoms with Crippen LogP contribution in [0.2, 0.25) is 0 Å². The number of likely N-dealkylation sites (N-methyl/N-ethyl adjacent to an activating group) is 1. The van der Waals surface area contributed by atoms with Crippen molar-refractivity contribution in [1.29, 1.82) is 0 Å². The number of aliphatic hydroxyl groups is 1. The van der Waals surface area contributed by atoms with E-state index in [0.717, 1.165) is 31.2 Å². The summed E-state index contributed by atoms with van der Waals surface area (Å²) in [6.45, 7) is 8.32. The first-order valence-corrected chi connectivity index (χ1v) is 18.7. The number of unbranched alkanes of at least 4 members (excludes halogenated alkanes) is 3. The summed E-state index contributed by atoms with van der Waals surface area (Å²) in [7, 11) is 3.33. The predicted molar refractivity (Wildman–Crippen MR) is 206 cm³/mol. The number of nitrogens with zero attached hydrogens (tertiary/aromatic N) is 5. The number of aryl methyl sites for hydroxylation is 1. The molecular formula is C38H58N8O9. The van der Waals surface area contributed by atoms with Crippen LogP contribution < -0.4 is 16.0 Å². The zero-order chi connectivity index (χ0) is 40.2. The zero-order valence-corrected chi connectivity index (χ0v) is 32.8. The molecule has 0 fully saturated rings. The van der Waals surface area contributed by atoms with E-state index in [2.05, 4.69) is 26.1 Å². The minimum Gasteiger partial charge on any atom is -0.505 e. The summed E-state index contributed by atoms with van der Waals surface area (Å²) >= 11 is 0. The number of carbonyl (C=O) groups excluding carboxylic acids is 4. The minimum absolute atomic E-state index is 0.0300. The molecule has 1 aromatic heterocycles. The van der Waals surface area contributed by atoms with Crippen molar-refractivity contribution in [2.75, 3.05) is 79.8 Å². The molecule has 3 rings (SSSR count). The number of hydrogen-bond donors (Lipinski definition) is 5. The van der Waals surface area contributed by atoms with Crippen molar-refractivity contribution in [3.63, 3.8) is 0 Å². The number of phenols is 1. The third kappa shape index (κ3) is 15.6. The molecule has 0 saturated carbocycles. The van der Waals surface area contributed by atoms with E-state index in [0.29, 0.717) is 54.9 Å². The van der Waals surface area contributed by atoms with Gasteiger partial charge in [0.2, 0.25) is 5.91 Å². The monoisotopic (exact) mass is 770 g/mol. The molecule has 2 aromatic carbocycles. The Labute approximate surface area is 322 Å². The molecule has 0 radical (unpaired) electrons. The second-order valence-corrected chi connectivity index (χ2v) is 14.1. The Bertz CT molecular complexity index is 1640. The summed E-state index contributed by atoms with van der Waals surface area (Å²) in [5, 5.41) is 37.7. The number of amides is 4. The first kappa shape index (κ1) is 44.2. The van der Waals surface area contributed by atoms with E-state index in [1.54, 1.807) is 6.07 Å². The molecule has 0 unspecified atom stereocenters. The van der Waals surface area contributed by atoms with Crippen LogP contribution in [0.25, 0.3) is 16.7 Å². The van der Waals surface area contributed by atoms with Crippen LogP contribution in [-0.4, -0.2) is 139 Å². The van der Waals surface area contributed by atoms with Crippen LogP contribution in [-0.2, 0) is 30.8 Å². The highest BCUT2D eigenvalue weighted by atomic mass is 16.6. The maximum Gasteiger partial charge on any atom is 0.407 e. The van der Waals surface area contributed by atoms with Gasteiger partial charge in [0.05, 0.1) is 13.2 Å². The Morgan fingerprint density at radius 1 is 0.800 bits per heavy atom. The number of nitrogens with one attached hydrogen (secondary N) is 3. The van der Waals surface area contributed by atoms with Gasteiger partial charge in [-0.3, -0.25) is 9.69 Å². The minimum atomic E-state index is -0.586. The van der Waals surface area contributed by atoms with Gasteiger partial charge in [0.1, 0.15) is 42.3 Å². The molecule has 0 bridgehead atoms. The summed E-state index contributed by atoms with van der Waals surface area (Å²) in [5.41, 5.74) is 2.95. The van der Waals surface area contributed by atoms with Crippen molar-refractivity contribution in [3.8, 4) is 11.4 Å². The Morgan fingerprint density at radius 3 is 1.87 bits per heavy atom. The number of ether oxygens (including phenoxy) is 3. The second-order valence-electron chi connectivity index (χ2n) is 14.1. The molecule has 0 aliphatic rings. The summed E-state index contributed by atoms with van der Waals surface area (Å²) in [6, 6.07) is 11.1. The number of aromatic hydroxyl groups is 1. The molecule has 4 amide bonds. The molecule has 3 aromatic rings. The molecule has 1 heterocycles. The molecular weight excluding hydrogens is 712 g/mol. The number of hydrogen-bond acceptors (Lipinski definition) is 12. The molecule has 0 spiro atoms. The predicted octanol–water partition coefficient (Wildman–Crippen LogP) is 3.48. The standard InChI is InChI=1S/C38H58N8O9/c1-38(2,3)29-26-28(27-32(34(29)49)46-42-30-12-8-9-13-31(30)43-46)14-15-33(48)45(18-22-47)21-25-55-37(52)41-17-11-7-6-10-16-40-36(51)54-24-20-44(5)19-23-53-35(50)39-4/h8-9,12-13,26-27,47,49H,6-7,10-11,14-25H2,1-5H3,(H,39,50)(H,40,51)(H,41,52). The van der Waals surface area contributed by atoms with Gasteiger partial charge in [-0.25, -0.2) is 14.4 Å². The van der Waals surface area contributed by atoms with E-state index in [1.165, 1.54) is 16.7 Å². The molecule has 0 aliphatic heterocycles. The SMILES string of the molecule is CNC(=O)OCCN(C)CCOC(=O)NCCCCCCNC(=O)OCCN(CCO)C(=O)CCc1cc(-n2nc3ccccc3n2)c(O)c(C(C)(C)C)c1. The number of fused-ring (bicyclic) bond motifs is 1. The molecule has 0 saturated heterocycles. The fraction of sp³-hybridized carbons (Fsp3) is 0.579. The number of alkyl carbamates (subject to hydrolysis) is 3. The van der Waals surface area contributed by atoms with Crippen molar-refractivity contribution in [2.45, 2.75) is 64.7 Å². The fourth-order valence-corrected chi connectivity index (χ4v) is 5.51. The van der Waals surface area contributed by atoms with Crippen LogP contribution in [0.3, 0.4) is 0 Å². The Balaban J connectivity index is 1.32. The number of aliphatic hydroxyl groups excluding tert-OH is 1. The zero-order valence-electron chi connectivity index (χ0n) is 32.8. The van der Waals surface area contributed by atoms with E-state index in [9.17, 15) is 29.4 Å². The average Bonchev–Trinajstić information content (AvgIpc) is 3.58. The first-order valence-electron chi connectivity index (χ1n) is 18.7. The van der Waals surface area contributed by atoms with Crippen LogP contribution >= 0.6 is 0 Å². The average molecular weight is 771 g/mol. The third-order valence-electron chi connectivity index (χ3n) is 8.66. The molecule has 304 valence electrons. The van der Waals surface area contributed by atoms with E-state index >= 15 is 0 Å². The number of benzene rings is 2. The molecule has 0 atom stereocenters. The Morgan fingerprint density at radius 2 is 1.35 bits per heavy atom. The lowest BCUT2D eigenvalue weighted by molar-refractivity contribution is -0.132. The van der Waals surface area contributed by atoms with E-state index in [1.807, 2.05) is 63.1 Å². The largest absolute Gasteiger partial charge is 0.505 e. The Kier molecular flexibility index (Phi) is 18.4. The fourth-order valence-electron chi connectivity index (χ4n) is 5.51. The maximum absolute atomic E-state index is 13.2. The van der Waals surface area contributed by atoms with Gasteiger partial charge in [-0.2, -0.15) is 0 Å². The quantitative estimate of drug-likeness (QED) is 0.0735. The number of rotatable bonds is 22. The first-order chi connectivity index (χ1) is 26.3. The summed E-state index contributed by atoms with van der Waals surface area (Å²) in [4.78, 5) is 53.1. The van der Waals surface area contributed by atoms with Crippen molar-refractivity contribution >= 4 is 35.2 Å². The number of carbonyl (C=O) groups is 4. The van der Waals surface area contributed by atoms with Crippen LogP contribution in [0, 0.1) is 0 Å². The molecule has 55 heavy (non-hydrogen) atoms. The van der Waals surface area contributed by atoms with Gasteiger partial charge in [0.25, 0.3) is 0 Å². The highest BCUT2D eigenvalue weighted by molar-refractivity contribution is 5.77. The van der Waals surface area contributed by atoms with Crippen molar-refractivity contribution in [2.24, 2.45) is 0 Å². The highest BCUT2D eigenvalue weighted by Gasteiger charge is 2.24. The molecule has 5 N–H and O–H groups in total. The summed E-state index contributed by atoms with van der Waals surface area (Å²) in [5.74, 6) is -0.127. The lowest BCUT2D eigenvalue weighted by Crippen LogP contribution is -2.37. The lowest BCUT2D eigenvalue weighted by atomic mass is 9.84. The van der Waals surface area contributed by atoms with Crippen LogP contribution in [0.5, 0.6) is 5.75 Å². The smallest absolute Gasteiger partial charge is 0.407 e. The third-order valence-corrected chi connectivity index (χ3v) is 8.66. The topological polar surface area (TPSA) is 210 Å². The van der Waals surface area contributed by atoms with Gasteiger partial charge < -0.3 is 45.3 Å².